The molecule has 20 heavy (non-hydrogen) atoms. The maximum atomic E-state index is 12.0. The van der Waals surface area contributed by atoms with Gasteiger partial charge in [-0.15, -0.1) is 10.2 Å². The van der Waals surface area contributed by atoms with Crippen LogP contribution in [0.1, 0.15) is 13.8 Å². The van der Waals surface area contributed by atoms with Gasteiger partial charge in [-0.3, -0.25) is 0 Å². The number of halogens is 1. The number of nitrogens with zero attached hydrogens (tertiary/aromatic N) is 4. The normalized spacial score (nSPS) is 11.2. The van der Waals surface area contributed by atoms with E-state index in [1.165, 1.54) is 11.3 Å². The summed E-state index contributed by atoms with van der Waals surface area (Å²) in [6.45, 7) is 5.84. The molecular weight excluding hydrogens is 340 g/mol. The molecule has 0 radical (unpaired) electrons. The Balaban J connectivity index is 2.19. The maximum Gasteiger partial charge on any atom is 0.230 e. The van der Waals surface area contributed by atoms with Crippen molar-refractivity contribution in [2.24, 2.45) is 10.2 Å². The van der Waals surface area contributed by atoms with E-state index in [-0.39, 0.29) is 5.75 Å². The number of aromatic nitrogens is 1. The predicted octanol–water partition coefficient (Wildman–Crippen LogP) is 4.24. The van der Waals surface area contributed by atoms with Crippen LogP contribution in [-0.4, -0.2) is 18.1 Å². The van der Waals surface area contributed by atoms with Crippen LogP contribution in [0, 0.1) is 0 Å². The molecule has 0 saturated heterocycles. The van der Waals surface area contributed by atoms with Crippen LogP contribution in [0.2, 0.25) is 0 Å². The van der Waals surface area contributed by atoms with E-state index in [0.29, 0.717) is 10.8 Å². The van der Waals surface area contributed by atoms with E-state index >= 15 is 0 Å². The highest BCUT2D eigenvalue weighted by molar-refractivity contribution is 9.11. The van der Waals surface area contributed by atoms with Gasteiger partial charge in [-0.1, -0.05) is 17.1 Å². The van der Waals surface area contributed by atoms with E-state index in [0.717, 1.165) is 22.6 Å². The molecule has 0 aliphatic carbocycles. The second kappa shape index (κ2) is 6.81. The second-order valence-electron chi connectivity index (χ2n) is 3.97. The topological polar surface area (TPSA) is 63.9 Å². The highest BCUT2D eigenvalue weighted by atomic mass is 79.9. The van der Waals surface area contributed by atoms with Gasteiger partial charge < -0.3 is 10.0 Å². The zero-order chi connectivity index (χ0) is 14.5. The van der Waals surface area contributed by atoms with Crippen LogP contribution in [0.3, 0.4) is 0 Å². The Morgan fingerprint density at radius 2 is 2.05 bits per heavy atom. The van der Waals surface area contributed by atoms with Crippen LogP contribution < -0.4 is 10.0 Å². The molecular formula is C13H14BrN4OS-. The molecule has 2 aromatic rings. The first kappa shape index (κ1) is 14.9. The highest BCUT2D eigenvalue weighted by Gasteiger charge is 2.03. The summed E-state index contributed by atoms with van der Waals surface area (Å²) in [5.74, 6) is -0.131. The minimum atomic E-state index is -0.131. The molecule has 106 valence electrons. The highest BCUT2D eigenvalue weighted by Crippen LogP contribution is 2.32. The third-order valence-corrected chi connectivity index (χ3v) is 4.14. The molecule has 2 rings (SSSR count). The lowest BCUT2D eigenvalue weighted by atomic mass is 10.2. The van der Waals surface area contributed by atoms with Gasteiger partial charge in [-0.25, -0.2) is 4.98 Å². The number of rotatable bonds is 5. The van der Waals surface area contributed by atoms with E-state index in [1.807, 2.05) is 6.07 Å². The van der Waals surface area contributed by atoms with Crippen molar-refractivity contribution in [3.63, 3.8) is 0 Å². The largest absolute Gasteiger partial charge is 0.871 e. The summed E-state index contributed by atoms with van der Waals surface area (Å²) in [6.07, 6.45) is 1.65. The Morgan fingerprint density at radius 1 is 1.30 bits per heavy atom. The van der Waals surface area contributed by atoms with Crippen LogP contribution in [0.4, 0.5) is 16.5 Å². The van der Waals surface area contributed by atoms with Gasteiger partial charge in [0.15, 0.2) is 0 Å². The summed E-state index contributed by atoms with van der Waals surface area (Å²) in [4.78, 5) is 6.15. The lowest BCUT2D eigenvalue weighted by Gasteiger charge is -2.23. The van der Waals surface area contributed by atoms with Gasteiger partial charge in [0.1, 0.15) is 0 Å². The molecule has 0 saturated carbocycles. The number of benzene rings is 1. The molecule has 0 spiro atoms. The predicted molar refractivity (Wildman–Crippen MR) is 83.4 cm³/mol. The van der Waals surface area contributed by atoms with Crippen molar-refractivity contribution in [2.75, 3.05) is 18.0 Å². The molecule has 1 aromatic carbocycles. The van der Waals surface area contributed by atoms with Crippen LogP contribution in [0.25, 0.3) is 0 Å². The zero-order valence-electron chi connectivity index (χ0n) is 11.2. The first-order chi connectivity index (χ1) is 9.63. The molecule has 7 heteroatoms. The molecule has 0 atom stereocenters. The van der Waals surface area contributed by atoms with E-state index in [2.05, 4.69) is 49.9 Å². The average molecular weight is 354 g/mol. The molecule has 0 aliphatic rings. The van der Waals surface area contributed by atoms with Gasteiger partial charge >= 0.3 is 0 Å². The van der Waals surface area contributed by atoms with Crippen LogP contribution >= 0.6 is 27.3 Å². The summed E-state index contributed by atoms with van der Waals surface area (Å²) in [5, 5.41) is 20.4. The quantitative estimate of drug-likeness (QED) is 0.755. The average Bonchev–Trinajstić information content (AvgIpc) is 2.85. The lowest BCUT2D eigenvalue weighted by molar-refractivity contribution is -0.267. The number of thiazole rings is 1. The van der Waals surface area contributed by atoms with Gasteiger partial charge in [0.2, 0.25) is 5.13 Å². The third kappa shape index (κ3) is 3.55. The summed E-state index contributed by atoms with van der Waals surface area (Å²) in [7, 11) is 0. The molecule has 1 aromatic heterocycles. The van der Waals surface area contributed by atoms with Crippen LogP contribution in [-0.2, 0) is 0 Å². The number of anilines is 1. The van der Waals surface area contributed by atoms with Gasteiger partial charge in [0.05, 0.1) is 15.7 Å². The minimum absolute atomic E-state index is 0.131. The van der Waals surface area contributed by atoms with Crippen LogP contribution in [0.5, 0.6) is 5.75 Å². The Labute approximate surface area is 130 Å². The van der Waals surface area contributed by atoms with E-state index in [9.17, 15) is 5.11 Å². The molecule has 0 fully saturated rings. The maximum absolute atomic E-state index is 12.0. The molecule has 0 amide bonds. The fourth-order valence-corrected chi connectivity index (χ4v) is 2.76. The first-order valence-corrected chi connectivity index (χ1v) is 7.84. The van der Waals surface area contributed by atoms with Gasteiger partial charge in [0.25, 0.3) is 0 Å². The Morgan fingerprint density at radius 3 is 2.60 bits per heavy atom. The number of azo groups is 1. The monoisotopic (exact) mass is 353 g/mol. The Hall–Kier alpha value is -1.47. The summed E-state index contributed by atoms with van der Waals surface area (Å²) < 4.78 is 0.880. The van der Waals surface area contributed by atoms with Crippen molar-refractivity contribution in [2.45, 2.75) is 13.8 Å². The third-order valence-electron chi connectivity index (χ3n) is 2.78. The fraction of sp³-hybridized carbons (Fsp3) is 0.308. The summed E-state index contributed by atoms with van der Waals surface area (Å²) in [5.41, 5.74) is 1.24. The van der Waals surface area contributed by atoms with Crippen molar-refractivity contribution >= 4 is 43.8 Å². The summed E-state index contributed by atoms with van der Waals surface area (Å²) in [6, 6.07) is 5.18. The van der Waals surface area contributed by atoms with Crippen molar-refractivity contribution in [1.82, 2.24) is 4.98 Å². The first-order valence-electron chi connectivity index (χ1n) is 6.23. The lowest BCUT2D eigenvalue weighted by Crippen LogP contribution is -2.21. The van der Waals surface area contributed by atoms with Gasteiger partial charge in [-0.2, -0.15) is 0 Å². The Bertz CT molecular complexity index is 610. The van der Waals surface area contributed by atoms with Crippen molar-refractivity contribution in [3.8, 4) is 5.75 Å². The molecule has 0 N–H and O–H groups in total. The molecule has 0 bridgehead atoms. The summed E-state index contributed by atoms with van der Waals surface area (Å²) >= 11 is 4.66. The minimum Gasteiger partial charge on any atom is -0.871 e. The molecule has 0 unspecified atom stereocenters. The molecule has 5 nitrogen and oxygen atoms in total. The van der Waals surface area contributed by atoms with E-state index in [4.69, 9.17) is 0 Å². The number of hydrogen-bond acceptors (Lipinski definition) is 6. The standard InChI is InChI=1S/C13H15BrN4OS/c1-3-18(4-2)9-5-6-10(11(19)7-9)16-17-13-15-8-12(14)20-13/h5-8,19H,3-4H2,1-2H3/p-1. The van der Waals surface area contributed by atoms with E-state index < -0.39 is 0 Å². The van der Waals surface area contributed by atoms with Gasteiger partial charge in [-0.05, 0) is 48.0 Å². The zero-order valence-corrected chi connectivity index (χ0v) is 13.6. The van der Waals surface area contributed by atoms with Crippen molar-refractivity contribution in [1.29, 1.82) is 0 Å². The molecule has 1 heterocycles. The smallest absolute Gasteiger partial charge is 0.230 e. The fourth-order valence-electron chi connectivity index (χ4n) is 1.76. The van der Waals surface area contributed by atoms with E-state index in [1.54, 1.807) is 18.3 Å². The SMILES string of the molecule is CCN(CC)c1ccc(N=Nc2ncc(Br)s2)c([O-])c1. The van der Waals surface area contributed by atoms with Gasteiger partial charge in [0, 0.05) is 18.8 Å². The molecule has 0 aliphatic heterocycles. The number of hydrogen-bond donors (Lipinski definition) is 0. The second-order valence-corrected chi connectivity index (χ2v) is 6.36. The Kier molecular flexibility index (Phi) is 5.08. The van der Waals surface area contributed by atoms with Crippen molar-refractivity contribution < 1.29 is 5.11 Å². The van der Waals surface area contributed by atoms with Crippen molar-refractivity contribution in [3.05, 3.63) is 28.2 Å². The van der Waals surface area contributed by atoms with Crippen LogP contribution in [0.15, 0.2) is 38.4 Å².